The highest BCUT2D eigenvalue weighted by atomic mass is 19.1. The summed E-state index contributed by atoms with van der Waals surface area (Å²) in [5.74, 6) is -2.43. The third-order valence-electron chi connectivity index (χ3n) is 3.07. The number of nitro benzene ring substituents is 1. The molecule has 0 saturated carbocycles. The fourth-order valence-electron chi connectivity index (χ4n) is 1.85. The molecule has 2 aromatic carbocycles. The fourth-order valence-corrected chi connectivity index (χ4v) is 1.85. The molecule has 0 unspecified atom stereocenters. The zero-order valence-corrected chi connectivity index (χ0v) is 12.6. The molecule has 0 aromatic heterocycles. The number of carbonyl (C=O) groups is 2. The van der Waals surface area contributed by atoms with E-state index in [2.05, 4.69) is 5.32 Å². The van der Waals surface area contributed by atoms with Crippen LogP contribution in [-0.4, -0.2) is 22.9 Å². The van der Waals surface area contributed by atoms with E-state index in [1.165, 1.54) is 49.4 Å². The summed E-state index contributed by atoms with van der Waals surface area (Å²) in [6.45, 7) is 1.31. The average Bonchev–Trinajstić information content (AvgIpc) is 2.55. The normalized spacial score (nSPS) is 11.4. The van der Waals surface area contributed by atoms with Crippen LogP contribution in [0.25, 0.3) is 0 Å². The summed E-state index contributed by atoms with van der Waals surface area (Å²) < 4.78 is 18.4. The predicted octanol–water partition coefficient (Wildman–Crippen LogP) is 2.92. The van der Waals surface area contributed by atoms with Crippen molar-refractivity contribution in [3.63, 3.8) is 0 Å². The van der Waals surface area contributed by atoms with E-state index in [4.69, 9.17) is 4.74 Å². The van der Waals surface area contributed by atoms with Gasteiger partial charge in [0.1, 0.15) is 5.82 Å². The molecule has 0 aliphatic carbocycles. The van der Waals surface area contributed by atoms with E-state index >= 15 is 0 Å². The van der Waals surface area contributed by atoms with Gasteiger partial charge in [0.2, 0.25) is 0 Å². The molecule has 0 fully saturated rings. The fraction of sp³-hybridized carbons (Fsp3) is 0.125. The van der Waals surface area contributed by atoms with E-state index < -0.39 is 28.7 Å². The Morgan fingerprint density at radius 3 is 2.58 bits per heavy atom. The lowest BCUT2D eigenvalue weighted by atomic mass is 10.2. The average molecular weight is 332 g/mol. The monoisotopic (exact) mass is 332 g/mol. The Kier molecular flexibility index (Phi) is 5.20. The zero-order valence-electron chi connectivity index (χ0n) is 12.6. The molecule has 24 heavy (non-hydrogen) atoms. The molecule has 1 N–H and O–H groups in total. The second-order valence-corrected chi connectivity index (χ2v) is 4.82. The molecular weight excluding hydrogens is 319 g/mol. The third kappa shape index (κ3) is 4.13. The Balaban J connectivity index is 2.02. The van der Waals surface area contributed by atoms with Crippen LogP contribution in [0.2, 0.25) is 0 Å². The summed E-state index contributed by atoms with van der Waals surface area (Å²) in [4.78, 5) is 33.9. The first-order valence-electron chi connectivity index (χ1n) is 6.89. The predicted molar refractivity (Wildman–Crippen MR) is 83.0 cm³/mol. The molecule has 7 nitrogen and oxygen atoms in total. The Bertz CT molecular complexity index is 794. The first-order chi connectivity index (χ1) is 11.4. The van der Waals surface area contributed by atoms with Crippen LogP contribution < -0.4 is 5.32 Å². The quantitative estimate of drug-likeness (QED) is 0.515. The molecule has 0 bridgehead atoms. The molecule has 0 aliphatic heterocycles. The van der Waals surface area contributed by atoms with Gasteiger partial charge in [0.05, 0.1) is 10.5 Å². The number of ether oxygens (including phenoxy) is 1. The topological polar surface area (TPSA) is 98.5 Å². The van der Waals surface area contributed by atoms with E-state index in [1.54, 1.807) is 0 Å². The largest absolute Gasteiger partial charge is 0.449 e. The molecule has 0 heterocycles. The van der Waals surface area contributed by atoms with Crippen LogP contribution in [0.4, 0.5) is 15.8 Å². The van der Waals surface area contributed by atoms with Crippen molar-refractivity contribution in [2.45, 2.75) is 13.0 Å². The summed E-state index contributed by atoms with van der Waals surface area (Å²) in [5, 5.41) is 13.1. The smallest absolute Gasteiger partial charge is 0.341 e. The maximum atomic E-state index is 13.5. The number of non-ortho nitro benzene ring substituents is 1. The lowest BCUT2D eigenvalue weighted by Gasteiger charge is -2.13. The van der Waals surface area contributed by atoms with Crippen molar-refractivity contribution in [1.82, 2.24) is 0 Å². The van der Waals surface area contributed by atoms with Gasteiger partial charge in [-0.15, -0.1) is 0 Å². The third-order valence-corrected chi connectivity index (χ3v) is 3.07. The van der Waals surface area contributed by atoms with Gasteiger partial charge in [-0.3, -0.25) is 14.9 Å². The number of anilines is 1. The maximum absolute atomic E-state index is 13.5. The van der Waals surface area contributed by atoms with Crippen molar-refractivity contribution < 1.29 is 23.6 Å². The molecule has 0 saturated heterocycles. The minimum atomic E-state index is -1.21. The highest BCUT2D eigenvalue weighted by Crippen LogP contribution is 2.17. The van der Waals surface area contributed by atoms with Crippen LogP contribution in [0.5, 0.6) is 0 Å². The number of nitrogens with one attached hydrogen (secondary N) is 1. The van der Waals surface area contributed by atoms with E-state index in [9.17, 15) is 24.1 Å². The number of amides is 1. The van der Waals surface area contributed by atoms with Crippen molar-refractivity contribution >= 4 is 23.3 Å². The van der Waals surface area contributed by atoms with Gasteiger partial charge in [-0.1, -0.05) is 18.2 Å². The van der Waals surface area contributed by atoms with Crippen LogP contribution in [-0.2, 0) is 9.53 Å². The minimum absolute atomic E-state index is 0.183. The Labute approximate surface area is 136 Å². The van der Waals surface area contributed by atoms with Crippen LogP contribution >= 0.6 is 0 Å². The highest BCUT2D eigenvalue weighted by molar-refractivity contribution is 5.97. The lowest BCUT2D eigenvalue weighted by molar-refractivity contribution is -0.384. The van der Waals surface area contributed by atoms with E-state index in [-0.39, 0.29) is 16.9 Å². The van der Waals surface area contributed by atoms with Gasteiger partial charge in [-0.2, -0.15) is 0 Å². The van der Waals surface area contributed by atoms with Crippen molar-refractivity contribution in [3.8, 4) is 0 Å². The van der Waals surface area contributed by atoms with Gasteiger partial charge in [0.15, 0.2) is 6.10 Å². The number of nitrogens with zero attached hydrogens (tertiary/aromatic N) is 1. The van der Waals surface area contributed by atoms with Crippen LogP contribution in [0, 0.1) is 15.9 Å². The van der Waals surface area contributed by atoms with Gasteiger partial charge in [0, 0.05) is 17.8 Å². The number of rotatable bonds is 5. The number of halogens is 1. The molecule has 2 aromatic rings. The van der Waals surface area contributed by atoms with E-state index in [0.29, 0.717) is 0 Å². The van der Waals surface area contributed by atoms with E-state index in [1.807, 2.05) is 0 Å². The standard InChI is InChI=1S/C16H13FN2O5/c1-10(24-16(21)13-7-2-3-8-14(13)17)15(20)18-11-5-4-6-12(9-11)19(22)23/h2-10H,1H3,(H,18,20)/t10-/m1/s1. The first kappa shape index (κ1) is 17.1. The number of hydrogen-bond acceptors (Lipinski definition) is 5. The molecule has 2 rings (SSSR count). The van der Waals surface area contributed by atoms with Crippen molar-refractivity contribution in [2.24, 2.45) is 0 Å². The summed E-state index contributed by atoms with van der Waals surface area (Å²) in [6, 6.07) is 10.5. The number of esters is 1. The number of nitro groups is 1. The SMILES string of the molecule is C[C@@H](OC(=O)c1ccccc1F)C(=O)Nc1cccc([N+](=O)[O-])c1. The van der Waals surface area contributed by atoms with E-state index in [0.717, 1.165) is 6.07 Å². The molecule has 0 aliphatic rings. The maximum Gasteiger partial charge on any atom is 0.341 e. The molecule has 1 atom stereocenters. The first-order valence-corrected chi connectivity index (χ1v) is 6.89. The molecular formula is C16H13FN2O5. The van der Waals surface area contributed by atoms with Gasteiger partial charge >= 0.3 is 5.97 Å². The van der Waals surface area contributed by atoms with Crippen molar-refractivity contribution in [2.75, 3.05) is 5.32 Å². The second kappa shape index (κ2) is 7.32. The summed E-state index contributed by atoms with van der Waals surface area (Å²) >= 11 is 0. The number of benzene rings is 2. The van der Waals surface area contributed by atoms with Crippen molar-refractivity contribution in [1.29, 1.82) is 0 Å². The van der Waals surface area contributed by atoms with Crippen LogP contribution in [0.15, 0.2) is 48.5 Å². The summed E-state index contributed by atoms with van der Waals surface area (Å²) in [5.41, 5.74) is -0.292. The van der Waals surface area contributed by atoms with Gasteiger partial charge < -0.3 is 10.1 Å². The Morgan fingerprint density at radius 2 is 1.92 bits per heavy atom. The summed E-state index contributed by atoms with van der Waals surface area (Å²) in [7, 11) is 0. The highest BCUT2D eigenvalue weighted by Gasteiger charge is 2.21. The molecule has 0 spiro atoms. The van der Waals surface area contributed by atoms with Gasteiger partial charge in [0.25, 0.3) is 11.6 Å². The molecule has 8 heteroatoms. The zero-order chi connectivity index (χ0) is 17.7. The molecule has 124 valence electrons. The Hall–Kier alpha value is -3.29. The van der Waals surface area contributed by atoms with Gasteiger partial charge in [-0.05, 0) is 25.1 Å². The number of carbonyl (C=O) groups excluding carboxylic acids is 2. The Morgan fingerprint density at radius 1 is 1.21 bits per heavy atom. The lowest BCUT2D eigenvalue weighted by Crippen LogP contribution is -2.30. The van der Waals surface area contributed by atoms with Crippen LogP contribution in [0.1, 0.15) is 17.3 Å². The minimum Gasteiger partial charge on any atom is -0.449 e. The number of hydrogen-bond donors (Lipinski definition) is 1. The molecule has 1 amide bonds. The second-order valence-electron chi connectivity index (χ2n) is 4.82. The van der Waals surface area contributed by atoms with Gasteiger partial charge in [-0.25, -0.2) is 9.18 Å². The molecule has 0 radical (unpaired) electrons. The summed E-state index contributed by atoms with van der Waals surface area (Å²) in [6.07, 6.45) is -1.21. The van der Waals surface area contributed by atoms with Crippen LogP contribution in [0.3, 0.4) is 0 Å². The van der Waals surface area contributed by atoms with Crippen molar-refractivity contribution in [3.05, 3.63) is 70.0 Å².